The van der Waals surface area contributed by atoms with Gasteiger partial charge in [-0.15, -0.1) is 0 Å². The van der Waals surface area contributed by atoms with Crippen molar-refractivity contribution in [2.45, 2.75) is 37.6 Å². The van der Waals surface area contributed by atoms with Crippen LogP contribution in [0.5, 0.6) is 0 Å². The van der Waals surface area contributed by atoms with Crippen LogP contribution >= 0.6 is 0 Å². The zero-order valence-corrected chi connectivity index (χ0v) is 8.01. The van der Waals surface area contributed by atoms with Crippen molar-refractivity contribution in [2.75, 3.05) is 6.61 Å². The molecule has 2 fully saturated rings. The minimum absolute atomic E-state index is 0.212. The predicted octanol–water partition coefficient (Wildman–Crippen LogP) is 1.23. The van der Waals surface area contributed by atoms with Gasteiger partial charge < -0.3 is 10.1 Å². The molecule has 2 aliphatic rings. The third-order valence-corrected chi connectivity index (χ3v) is 2.80. The maximum absolute atomic E-state index is 12.0. The molecule has 0 spiro atoms. The summed E-state index contributed by atoms with van der Waals surface area (Å²) >= 11 is 0. The van der Waals surface area contributed by atoms with Crippen molar-refractivity contribution in [1.29, 1.82) is 0 Å². The summed E-state index contributed by atoms with van der Waals surface area (Å²) in [5, 5.41) is 2.00. The Morgan fingerprint density at radius 3 is 2.47 bits per heavy atom. The second-order valence-corrected chi connectivity index (χ2v) is 4.04. The molecule has 0 aromatic heterocycles. The quantitative estimate of drug-likeness (QED) is 0.764. The first-order valence-corrected chi connectivity index (χ1v) is 4.98. The molecule has 1 heterocycles. The highest BCUT2D eigenvalue weighted by Crippen LogP contribution is 2.38. The highest BCUT2D eigenvalue weighted by molar-refractivity contribution is 5.82. The van der Waals surface area contributed by atoms with Crippen molar-refractivity contribution in [2.24, 2.45) is 5.92 Å². The third kappa shape index (κ3) is 2.42. The van der Waals surface area contributed by atoms with Gasteiger partial charge in [-0.1, -0.05) is 0 Å². The van der Waals surface area contributed by atoms with E-state index in [1.165, 1.54) is 0 Å². The van der Waals surface area contributed by atoms with Crippen molar-refractivity contribution in [3.8, 4) is 0 Å². The highest BCUT2D eigenvalue weighted by atomic mass is 19.4. The molecule has 0 aromatic rings. The molecule has 1 aliphatic heterocycles. The predicted molar refractivity (Wildman–Crippen MR) is 45.1 cm³/mol. The summed E-state index contributed by atoms with van der Waals surface area (Å²) in [6.07, 6.45) is -2.55. The Kier molecular flexibility index (Phi) is 2.62. The lowest BCUT2D eigenvalue weighted by molar-refractivity contribution is -0.174. The molecule has 15 heavy (non-hydrogen) atoms. The van der Waals surface area contributed by atoms with E-state index in [0.717, 1.165) is 12.8 Å². The Hall–Kier alpha value is -0.780. The van der Waals surface area contributed by atoms with Crippen LogP contribution < -0.4 is 5.32 Å². The van der Waals surface area contributed by atoms with E-state index in [1.54, 1.807) is 0 Å². The molecule has 3 nitrogen and oxygen atoms in total. The van der Waals surface area contributed by atoms with Gasteiger partial charge in [-0.3, -0.25) is 4.79 Å². The standard InChI is InChI=1S/C9H12F3NO2/c10-9(11,12)8(14)13-6-3-4-15-7(6)5-1-2-5/h5-7H,1-4H2,(H,13,14). The number of amides is 1. The summed E-state index contributed by atoms with van der Waals surface area (Å²) in [7, 11) is 0. The lowest BCUT2D eigenvalue weighted by Crippen LogP contribution is -2.47. The number of carbonyl (C=O) groups is 1. The molecule has 1 saturated carbocycles. The lowest BCUT2D eigenvalue weighted by atomic mass is 10.1. The fraction of sp³-hybridized carbons (Fsp3) is 0.889. The summed E-state index contributed by atoms with van der Waals surface area (Å²) in [5.41, 5.74) is 0. The first-order valence-electron chi connectivity index (χ1n) is 4.98. The monoisotopic (exact) mass is 223 g/mol. The van der Waals surface area contributed by atoms with Crippen LogP contribution in [0.2, 0.25) is 0 Å². The Morgan fingerprint density at radius 2 is 1.93 bits per heavy atom. The van der Waals surface area contributed by atoms with Gasteiger partial charge in [-0.25, -0.2) is 0 Å². The summed E-state index contributed by atoms with van der Waals surface area (Å²) in [5.74, 6) is -1.52. The summed E-state index contributed by atoms with van der Waals surface area (Å²) in [4.78, 5) is 10.7. The zero-order chi connectivity index (χ0) is 11.1. The number of ether oxygens (including phenoxy) is 1. The van der Waals surface area contributed by atoms with Gasteiger partial charge in [0.2, 0.25) is 0 Å². The van der Waals surface area contributed by atoms with Gasteiger partial charge in [0.25, 0.3) is 0 Å². The van der Waals surface area contributed by atoms with Crippen LogP contribution in [0.1, 0.15) is 19.3 Å². The molecular formula is C9H12F3NO2. The average Bonchev–Trinajstić information content (AvgIpc) is 2.86. The smallest absolute Gasteiger partial charge is 0.376 e. The Labute approximate surface area is 85.0 Å². The molecule has 1 N–H and O–H groups in total. The van der Waals surface area contributed by atoms with Crippen molar-refractivity contribution in [1.82, 2.24) is 5.32 Å². The average molecular weight is 223 g/mol. The lowest BCUT2D eigenvalue weighted by Gasteiger charge is -2.19. The van der Waals surface area contributed by atoms with Gasteiger partial charge in [-0.05, 0) is 25.2 Å². The maximum Gasteiger partial charge on any atom is 0.471 e. The SMILES string of the molecule is O=C(NC1CCOC1C1CC1)C(F)(F)F. The number of alkyl halides is 3. The molecule has 6 heteroatoms. The molecule has 0 radical (unpaired) electrons. The van der Waals surface area contributed by atoms with Crippen LogP contribution in [-0.2, 0) is 9.53 Å². The minimum atomic E-state index is -4.79. The Morgan fingerprint density at radius 1 is 1.27 bits per heavy atom. The van der Waals surface area contributed by atoms with Gasteiger partial charge in [0.05, 0.1) is 12.1 Å². The first-order chi connectivity index (χ1) is 6.98. The second-order valence-electron chi connectivity index (χ2n) is 4.04. The molecule has 1 saturated heterocycles. The molecule has 1 aliphatic carbocycles. The van der Waals surface area contributed by atoms with Crippen LogP contribution in [0.15, 0.2) is 0 Å². The zero-order valence-electron chi connectivity index (χ0n) is 8.01. The van der Waals surface area contributed by atoms with Crippen molar-refractivity contribution in [3.63, 3.8) is 0 Å². The van der Waals surface area contributed by atoms with Crippen LogP contribution in [0.25, 0.3) is 0 Å². The van der Waals surface area contributed by atoms with Crippen LogP contribution in [0, 0.1) is 5.92 Å². The van der Waals surface area contributed by atoms with Crippen LogP contribution in [0.3, 0.4) is 0 Å². The van der Waals surface area contributed by atoms with E-state index >= 15 is 0 Å². The molecular weight excluding hydrogens is 211 g/mol. The van der Waals surface area contributed by atoms with E-state index in [4.69, 9.17) is 4.74 Å². The highest BCUT2D eigenvalue weighted by Gasteiger charge is 2.45. The minimum Gasteiger partial charge on any atom is -0.376 e. The van der Waals surface area contributed by atoms with Crippen molar-refractivity contribution in [3.05, 3.63) is 0 Å². The maximum atomic E-state index is 12.0. The summed E-state index contributed by atoms with van der Waals surface area (Å²) < 4.78 is 41.3. The number of halogens is 3. The van der Waals surface area contributed by atoms with Gasteiger partial charge in [-0.2, -0.15) is 13.2 Å². The van der Waals surface area contributed by atoms with Gasteiger partial charge in [0.15, 0.2) is 0 Å². The molecule has 1 amide bonds. The number of hydrogen-bond donors (Lipinski definition) is 1. The van der Waals surface area contributed by atoms with Gasteiger partial charge in [0, 0.05) is 6.61 Å². The van der Waals surface area contributed by atoms with E-state index in [2.05, 4.69) is 0 Å². The molecule has 86 valence electrons. The molecule has 2 unspecified atom stereocenters. The topological polar surface area (TPSA) is 38.3 Å². The van der Waals surface area contributed by atoms with Gasteiger partial charge in [0.1, 0.15) is 0 Å². The number of hydrogen-bond acceptors (Lipinski definition) is 2. The normalized spacial score (nSPS) is 31.7. The third-order valence-electron chi connectivity index (χ3n) is 2.80. The van der Waals surface area contributed by atoms with E-state index < -0.39 is 18.1 Å². The summed E-state index contributed by atoms with van der Waals surface area (Å²) in [6, 6.07) is -0.466. The van der Waals surface area contributed by atoms with E-state index in [-0.39, 0.29) is 6.10 Å². The largest absolute Gasteiger partial charge is 0.471 e. The summed E-state index contributed by atoms with van der Waals surface area (Å²) in [6.45, 7) is 0.434. The van der Waals surface area contributed by atoms with Crippen LogP contribution in [-0.4, -0.2) is 30.8 Å². The van der Waals surface area contributed by atoms with Gasteiger partial charge >= 0.3 is 12.1 Å². The second kappa shape index (κ2) is 3.66. The van der Waals surface area contributed by atoms with E-state index in [1.807, 2.05) is 5.32 Å². The molecule has 2 atom stereocenters. The van der Waals surface area contributed by atoms with Crippen molar-refractivity contribution < 1.29 is 22.7 Å². The fourth-order valence-corrected chi connectivity index (χ4v) is 1.91. The number of rotatable bonds is 2. The van der Waals surface area contributed by atoms with Crippen molar-refractivity contribution >= 4 is 5.91 Å². The Balaban J connectivity index is 1.90. The van der Waals surface area contributed by atoms with Crippen LogP contribution in [0.4, 0.5) is 13.2 Å². The Bertz CT molecular complexity index is 263. The number of nitrogens with one attached hydrogen (secondary N) is 1. The fourth-order valence-electron chi connectivity index (χ4n) is 1.91. The van der Waals surface area contributed by atoms with E-state index in [9.17, 15) is 18.0 Å². The van der Waals surface area contributed by atoms with E-state index in [0.29, 0.717) is 18.9 Å². The first kappa shape index (κ1) is 10.7. The molecule has 0 bridgehead atoms. The molecule has 0 aromatic carbocycles. The number of carbonyl (C=O) groups excluding carboxylic acids is 1. The molecule has 2 rings (SSSR count).